The number of guanidine groups is 1. The molecule has 0 bridgehead atoms. The van der Waals surface area contributed by atoms with Gasteiger partial charge in [0.15, 0.2) is 5.96 Å². The van der Waals surface area contributed by atoms with Crippen molar-refractivity contribution in [2.45, 2.75) is 33.1 Å². The standard InChI is InChI=1S/C15H32N4O.HI/c1-4-16-15(17-9-6-12-20-5-2)18-13-14-7-10-19(3)11-8-14;/h14H,4-13H2,1-3H3,(H2,16,17,18);1H. The molecule has 126 valence electrons. The van der Waals surface area contributed by atoms with Crippen LogP contribution in [0.2, 0.25) is 0 Å². The fourth-order valence-corrected chi connectivity index (χ4v) is 2.33. The molecule has 1 rings (SSSR count). The van der Waals surface area contributed by atoms with Crippen molar-refractivity contribution in [1.29, 1.82) is 0 Å². The van der Waals surface area contributed by atoms with Crippen LogP contribution in [-0.2, 0) is 4.74 Å². The average molecular weight is 412 g/mol. The Bertz CT molecular complexity index is 268. The molecule has 6 heteroatoms. The molecule has 0 atom stereocenters. The highest BCUT2D eigenvalue weighted by Crippen LogP contribution is 2.15. The molecule has 1 heterocycles. The van der Waals surface area contributed by atoms with Gasteiger partial charge in [0.2, 0.25) is 0 Å². The Balaban J connectivity index is 0.00000400. The smallest absolute Gasteiger partial charge is 0.191 e. The Morgan fingerprint density at radius 2 is 1.95 bits per heavy atom. The summed E-state index contributed by atoms with van der Waals surface area (Å²) in [6.07, 6.45) is 3.56. The fourth-order valence-electron chi connectivity index (χ4n) is 2.33. The molecule has 0 unspecified atom stereocenters. The van der Waals surface area contributed by atoms with Crippen LogP contribution in [0.1, 0.15) is 33.1 Å². The summed E-state index contributed by atoms with van der Waals surface area (Å²) >= 11 is 0. The van der Waals surface area contributed by atoms with E-state index in [2.05, 4.69) is 29.5 Å². The van der Waals surface area contributed by atoms with Crippen LogP contribution >= 0.6 is 24.0 Å². The van der Waals surface area contributed by atoms with Gasteiger partial charge in [0, 0.05) is 32.8 Å². The number of rotatable bonds is 8. The van der Waals surface area contributed by atoms with E-state index in [0.29, 0.717) is 0 Å². The highest BCUT2D eigenvalue weighted by atomic mass is 127. The van der Waals surface area contributed by atoms with Gasteiger partial charge in [-0.25, -0.2) is 0 Å². The largest absolute Gasteiger partial charge is 0.382 e. The molecule has 21 heavy (non-hydrogen) atoms. The van der Waals surface area contributed by atoms with Crippen molar-refractivity contribution in [3.05, 3.63) is 0 Å². The molecule has 5 nitrogen and oxygen atoms in total. The minimum atomic E-state index is 0. The van der Waals surface area contributed by atoms with Gasteiger partial charge in [0.1, 0.15) is 0 Å². The SMILES string of the molecule is CCNC(=NCC1CCN(C)CC1)NCCCOCC.I. The van der Waals surface area contributed by atoms with Crippen molar-refractivity contribution in [2.75, 3.05) is 53.0 Å². The third-order valence-corrected chi connectivity index (χ3v) is 3.65. The van der Waals surface area contributed by atoms with E-state index in [0.717, 1.165) is 51.1 Å². The highest BCUT2D eigenvalue weighted by Gasteiger charge is 2.16. The van der Waals surface area contributed by atoms with Crippen LogP contribution in [-0.4, -0.2) is 63.8 Å². The van der Waals surface area contributed by atoms with Gasteiger partial charge in [-0.1, -0.05) is 0 Å². The maximum Gasteiger partial charge on any atom is 0.191 e. The molecule has 1 aliphatic rings. The first-order chi connectivity index (χ1) is 9.76. The third-order valence-electron chi connectivity index (χ3n) is 3.65. The molecule has 0 radical (unpaired) electrons. The molecule has 0 aliphatic carbocycles. The van der Waals surface area contributed by atoms with Crippen LogP contribution in [0.15, 0.2) is 4.99 Å². The van der Waals surface area contributed by atoms with Crippen LogP contribution < -0.4 is 10.6 Å². The van der Waals surface area contributed by atoms with Gasteiger partial charge >= 0.3 is 0 Å². The molecule has 1 saturated heterocycles. The summed E-state index contributed by atoms with van der Waals surface area (Å²) in [5.41, 5.74) is 0. The highest BCUT2D eigenvalue weighted by molar-refractivity contribution is 14.0. The van der Waals surface area contributed by atoms with Crippen molar-refractivity contribution in [3.63, 3.8) is 0 Å². The first-order valence-electron chi connectivity index (χ1n) is 8.04. The van der Waals surface area contributed by atoms with Crippen LogP contribution in [0.25, 0.3) is 0 Å². The van der Waals surface area contributed by atoms with E-state index in [9.17, 15) is 0 Å². The Kier molecular flexibility index (Phi) is 13.5. The summed E-state index contributed by atoms with van der Waals surface area (Å²) in [4.78, 5) is 7.12. The molecular weight excluding hydrogens is 379 g/mol. The molecular formula is C15H33IN4O. The number of nitrogens with zero attached hydrogens (tertiary/aromatic N) is 2. The topological polar surface area (TPSA) is 48.9 Å². The number of aliphatic imine (C=N–C) groups is 1. The van der Waals surface area contributed by atoms with Crippen molar-refractivity contribution >= 4 is 29.9 Å². The van der Waals surface area contributed by atoms with E-state index in [1.54, 1.807) is 0 Å². The summed E-state index contributed by atoms with van der Waals surface area (Å²) in [7, 11) is 2.20. The van der Waals surface area contributed by atoms with Crippen molar-refractivity contribution in [2.24, 2.45) is 10.9 Å². The summed E-state index contributed by atoms with van der Waals surface area (Å²) in [6, 6.07) is 0. The lowest BCUT2D eigenvalue weighted by Crippen LogP contribution is -2.39. The Morgan fingerprint density at radius 3 is 2.57 bits per heavy atom. The fraction of sp³-hybridized carbons (Fsp3) is 0.933. The average Bonchev–Trinajstić information content (AvgIpc) is 2.46. The second kappa shape index (κ2) is 13.6. The zero-order chi connectivity index (χ0) is 14.6. The number of likely N-dealkylation sites (tertiary alicyclic amines) is 1. The summed E-state index contributed by atoms with van der Waals surface area (Å²) in [6.45, 7) is 10.9. The summed E-state index contributed by atoms with van der Waals surface area (Å²) in [5.74, 6) is 1.69. The number of halogens is 1. The third kappa shape index (κ3) is 10.3. The van der Waals surface area contributed by atoms with Gasteiger partial charge in [-0.05, 0) is 59.2 Å². The van der Waals surface area contributed by atoms with Gasteiger partial charge in [0.25, 0.3) is 0 Å². The molecule has 0 aromatic carbocycles. The van der Waals surface area contributed by atoms with Gasteiger partial charge in [0.05, 0.1) is 0 Å². The maximum absolute atomic E-state index is 5.34. The zero-order valence-electron chi connectivity index (χ0n) is 13.9. The van der Waals surface area contributed by atoms with E-state index < -0.39 is 0 Å². The van der Waals surface area contributed by atoms with E-state index >= 15 is 0 Å². The van der Waals surface area contributed by atoms with Gasteiger partial charge in [-0.15, -0.1) is 24.0 Å². The molecule has 2 N–H and O–H groups in total. The number of hydrogen-bond donors (Lipinski definition) is 2. The van der Waals surface area contributed by atoms with Crippen molar-refractivity contribution in [3.8, 4) is 0 Å². The van der Waals surface area contributed by atoms with Crippen molar-refractivity contribution < 1.29 is 4.74 Å². The minimum Gasteiger partial charge on any atom is -0.382 e. The van der Waals surface area contributed by atoms with Crippen LogP contribution in [0.3, 0.4) is 0 Å². The van der Waals surface area contributed by atoms with Crippen molar-refractivity contribution in [1.82, 2.24) is 15.5 Å². The zero-order valence-corrected chi connectivity index (χ0v) is 16.2. The van der Waals surface area contributed by atoms with E-state index in [1.807, 2.05) is 6.92 Å². The molecule has 0 aromatic rings. The quantitative estimate of drug-likeness (QED) is 0.277. The molecule has 0 aromatic heterocycles. The summed E-state index contributed by atoms with van der Waals surface area (Å²) in [5, 5.41) is 6.69. The second-order valence-corrected chi connectivity index (χ2v) is 5.44. The summed E-state index contributed by atoms with van der Waals surface area (Å²) < 4.78 is 5.34. The number of piperidine rings is 1. The molecule has 0 saturated carbocycles. The lowest BCUT2D eigenvalue weighted by atomic mass is 9.97. The molecule has 1 fully saturated rings. The predicted molar refractivity (Wildman–Crippen MR) is 101 cm³/mol. The predicted octanol–water partition coefficient (Wildman–Crippen LogP) is 1.93. The minimum absolute atomic E-state index is 0. The van der Waals surface area contributed by atoms with E-state index in [-0.39, 0.29) is 24.0 Å². The van der Waals surface area contributed by atoms with Crippen LogP contribution in [0, 0.1) is 5.92 Å². The monoisotopic (exact) mass is 412 g/mol. The Labute approximate surface area is 147 Å². The second-order valence-electron chi connectivity index (χ2n) is 5.44. The number of hydrogen-bond acceptors (Lipinski definition) is 3. The number of ether oxygens (including phenoxy) is 1. The molecule has 1 aliphatic heterocycles. The van der Waals surface area contributed by atoms with E-state index in [4.69, 9.17) is 9.73 Å². The van der Waals surface area contributed by atoms with Gasteiger partial charge in [-0.2, -0.15) is 0 Å². The lowest BCUT2D eigenvalue weighted by molar-refractivity contribution is 0.145. The first-order valence-corrected chi connectivity index (χ1v) is 8.04. The molecule has 0 spiro atoms. The van der Waals surface area contributed by atoms with Crippen LogP contribution in [0.4, 0.5) is 0 Å². The first kappa shape index (κ1) is 20.9. The number of nitrogens with one attached hydrogen (secondary N) is 2. The Hall–Kier alpha value is -0.0800. The lowest BCUT2D eigenvalue weighted by Gasteiger charge is -2.28. The van der Waals surface area contributed by atoms with E-state index in [1.165, 1.54) is 25.9 Å². The van der Waals surface area contributed by atoms with Crippen LogP contribution in [0.5, 0.6) is 0 Å². The normalized spacial score (nSPS) is 17.4. The maximum atomic E-state index is 5.34. The van der Waals surface area contributed by atoms with Gasteiger partial charge < -0.3 is 20.3 Å². The molecule has 0 amide bonds. The van der Waals surface area contributed by atoms with Gasteiger partial charge in [-0.3, -0.25) is 4.99 Å². The Morgan fingerprint density at radius 1 is 1.24 bits per heavy atom.